The second kappa shape index (κ2) is 16.0. The smallest absolute Gasteiger partial charge is 0.338 e. The fourth-order valence-electron chi connectivity index (χ4n) is 4.15. The zero-order valence-electron chi connectivity index (χ0n) is 20.1. The minimum atomic E-state index is -2.10. The van der Waals surface area contributed by atoms with Crippen molar-refractivity contribution in [2.24, 2.45) is 11.8 Å². The van der Waals surface area contributed by atoms with Gasteiger partial charge in [0.25, 0.3) is 0 Å². The summed E-state index contributed by atoms with van der Waals surface area (Å²) in [6, 6.07) is 2.15. The lowest BCUT2D eigenvalue weighted by Crippen LogP contribution is -2.46. The van der Waals surface area contributed by atoms with Crippen molar-refractivity contribution in [3.63, 3.8) is 0 Å². The van der Waals surface area contributed by atoms with E-state index in [0.717, 1.165) is 36.8 Å². The number of hydrogen-bond acceptors (Lipinski definition) is 2. The van der Waals surface area contributed by atoms with Crippen LogP contribution in [0.25, 0.3) is 0 Å². The van der Waals surface area contributed by atoms with Crippen LogP contribution >= 0.6 is 0 Å². The molecular formula is C24H52O2Si. The van der Waals surface area contributed by atoms with Crippen LogP contribution in [0, 0.1) is 11.8 Å². The van der Waals surface area contributed by atoms with Gasteiger partial charge in [-0.3, -0.25) is 0 Å². The quantitative estimate of drug-likeness (QED) is 0.215. The van der Waals surface area contributed by atoms with Gasteiger partial charge in [0.05, 0.1) is 0 Å². The van der Waals surface area contributed by atoms with Crippen LogP contribution in [-0.4, -0.2) is 20.8 Å². The van der Waals surface area contributed by atoms with E-state index in [1.54, 1.807) is 0 Å². The summed E-state index contributed by atoms with van der Waals surface area (Å²) in [4.78, 5) is 0. The van der Waals surface area contributed by atoms with E-state index in [2.05, 4.69) is 55.4 Å². The maximum atomic E-state index is 6.83. The van der Waals surface area contributed by atoms with Crippen molar-refractivity contribution in [1.29, 1.82) is 0 Å². The summed E-state index contributed by atoms with van der Waals surface area (Å²) < 4.78 is 13.7. The Balaban J connectivity index is 4.89. The lowest BCUT2D eigenvalue weighted by Gasteiger charge is -2.37. The maximum absolute atomic E-state index is 6.83. The van der Waals surface area contributed by atoms with E-state index in [1.165, 1.54) is 51.4 Å². The molecule has 2 nitrogen and oxygen atoms in total. The van der Waals surface area contributed by atoms with Crippen molar-refractivity contribution in [2.75, 3.05) is 0 Å². The van der Waals surface area contributed by atoms with Crippen molar-refractivity contribution >= 4 is 8.56 Å². The summed E-state index contributed by atoms with van der Waals surface area (Å²) in [6.07, 6.45) is 13.2. The van der Waals surface area contributed by atoms with Crippen molar-refractivity contribution in [2.45, 2.75) is 144 Å². The Morgan fingerprint density at radius 2 is 0.815 bits per heavy atom. The summed E-state index contributed by atoms with van der Waals surface area (Å²) in [5, 5.41) is 0. The van der Waals surface area contributed by atoms with Crippen molar-refractivity contribution in [3.05, 3.63) is 0 Å². The Morgan fingerprint density at radius 1 is 0.481 bits per heavy atom. The van der Waals surface area contributed by atoms with Gasteiger partial charge in [-0.25, -0.2) is 0 Å². The molecule has 0 aliphatic rings. The number of hydrogen-bond donors (Lipinski definition) is 0. The molecule has 0 saturated heterocycles. The molecule has 0 heterocycles. The van der Waals surface area contributed by atoms with Gasteiger partial charge < -0.3 is 8.85 Å². The molecule has 0 aromatic rings. The SMILES string of the molecule is CCC(CC)CCC(CC)O[Si](CC)(CC)OC(CC)CCC(CC)CC. The average molecular weight is 401 g/mol. The Hall–Kier alpha value is 0.137. The predicted octanol–water partition coefficient (Wildman–Crippen LogP) is 8.49. The minimum absolute atomic E-state index is 0.383. The van der Waals surface area contributed by atoms with Crippen LogP contribution in [0.4, 0.5) is 0 Å². The summed E-state index contributed by atoms with van der Waals surface area (Å²) in [6.45, 7) is 18.4. The first-order chi connectivity index (χ1) is 13.0. The highest BCUT2D eigenvalue weighted by Crippen LogP contribution is 2.29. The zero-order chi connectivity index (χ0) is 20.7. The molecular weight excluding hydrogens is 348 g/mol. The number of rotatable bonds is 18. The Kier molecular flexibility index (Phi) is 16.1. The Labute approximate surface area is 173 Å². The van der Waals surface area contributed by atoms with Gasteiger partial charge in [-0.15, -0.1) is 0 Å². The normalized spacial score (nSPS) is 14.9. The zero-order valence-corrected chi connectivity index (χ0v) is 21.1. The molecule has 0 aromatic carbocycles. The summed E-state index contributed by atoms with van der Waals surface area (Å²) in [7, 11) is -2.10. The Morgan fingerprint density at radius 3 is 1.04 bits per heavy atom. The molecule has 27 heavy (non-hydrogen) atoms. The average Bonchev–Trinajstić information content (AvgIpc) is 2.72. The van der Waals surface area contributed by atoms with Crippen LogP contribution in [0.3, 0.4) is 0 Å². The molecule has 0 amide bonds. The van der Waals surface area contributed by atoms with E-state index < -0.39 is 8.56 Å². The van der Waals surface area contributed by atoms with E-state index in [0.29, 0.717) is 12.2 Å². The lowest BCUT2D eigenvalue weighted by molar-refractivity contribution is 0.0608. The van der Waals surface area contributed by atoms with Gasteiger partial charge in [-0.2, -0.15) is 0 Å². The largest absolute Gasteiger partial charge is 0.391 e. The van der Waals surface area contributed by atoms with Crippen LogP contribution in [0.15, 0.2) is 0 Å². The molecule has 0 aliphatic heterocycles. The first-order valence-electron chi connectivity index (χ1n) is 12.3. The van der Waals surface area contributed by atoms with Crippen LogP contribution in [0.2, 0.25) is 12.1 Å². The van der Waals surface area contributed by atoms with Gasteiger partial charge in [-0.05, 0) is 62.4 Å². The van der Waals surface area contributed by atoms with Crippen LogP contribution in [0.1, 0.15) is 120 Å². The topological polar surface area (TPSA) is 18.5 Å². The van der Waals surface area contributed by atoms with Crippen LogP contribution in [0.5, 0.6) is 0 Å². The molecule has 164 valence electrons. The molecule has 0 bridgehead atoms. The lowest BCUT2D eigenvalue weighted by atomic mass is 9.95. The fraction of sp³-hybridized carbons (Fsp3) is 1.00. The molecule has 2 atom stereocenters. The van der Waals surface area contributed by atoms with E-state index >= 15 is 0 Å². The molecule has 3 heteroatoms. The third kappa shape index (κ3) is 10.5. The van der Waals surface area contributed by atoms with Gasteiger partial charge in [0.15, 0.2) is 0 Å². The third-order valence-corrected chi connectivity index (χ3v) is 10.5. The summed E-state index contributed by atoms with van der Waals surface area (Å²) >= 11 is 0. The van der Waals surface area contributed by atoms with E-state index in [-0.39, 0.29) is 0 Å². The first kappa shape index (κ1) is 27.1. The van der Waals surface area contributed by atoms with Crippen molar-refractivity contribution < 1.29 is 8.85 Å². The summed E-state index contributed by atoms with van der Waals surface area (Å²) in [5.41, 5.74) is 0. The van der Waals surface area contributed by atoms with Crippen molar-refractivity contribution in [1.82, 2.24) is 0 Å². The molecule has 0 radical (unpaired) electrons. The molecule has 0 aromatic heterocycles. The first-order valence-corrected chi connectivity index (χ1v) is 14.6. The Bertz CT molecular complexity index is 294. The molecule has 0 aliphatic carbocycles. The minimum Gasteiger partial charge on any atom is -0.391 e. The van der Waals surface area contributed by atoms with Gasteiger partial charge in [-0.1, -0.05) is 81.1 Å². The van der Waals surface area contributed by atoms with Crippen LogP contribution < -0.4 is 0 Å². The van der Waals surface area contributed by atoms with E-state index in [4.69, 9.17) is 8.85 Å². The highest BCUT2D eigenvalue weighted by molar-refractivity contribution is 6.67. The van der Waals surface area contributed by atoms with Crippen molar-refractivity contribution in [3.8, 4) is 0 Å². The monoisotopic (exact) mass is 400 g/mol. The van der Waals surface area contributed by atoms with Gasteiger partial charge in [0.1, 0.15) is 0 Å². The molecule has 2 unspecified atom stereocenters. The molecule has 0 saturated carbocycles. The van der Waals surface area contributed by atoms with Gasteiger partial charge >= 0.3 is 8.56 Å². The molecule has 0 fully saturated rings. The third-order valence-electron chi connectivity index (χ3n) is 6.85. The molecule has 0 N–H and O–H groups in total. The van der Waals surface area contributed by atoms with Gasteiger partial charge in [0.2, 0.25) is 0 Å². The second-order valence-corrected chi connectivity index (χ2v) is 12.1. The standard InChI is InChI=1S/C24H52O2Si/c1-9-21(10-2)17-19-23(13-5)25-27(15-7,16-8)26-24(14-6)20-18-22(11-3)12-4/h21-24H,9-20H2,1-8H3. The van der Waals surface area contributed by atoms with E-state index in [1.807, 2.05) is 0 Å². The van der Waals surface area contributed by atoms with Gasteiger partial charge in [0, 0.05) is 12.2 Å². The fourth-order valence-corrected chi connectivity index (χ4v) is 7.15. The van der Waals surface area contributed by atoms with Crippen LogP contribution in [-0.2, 0) is 8.85 Å². The second-order valence-electron chi connectivity index (χ2n) is 8.43. The maximum Gasteiger partial charge on any atom is 0.338 e. The highest BCUT2D eigenvalue weighted by atomic mass is 28.4. The predicted molar refractivity (Wildman–Crippen MR) is 124 cm³/mol. The van der Waals surface area contributed by atoms with E-state index in [9.17, 15) is 0 Å². The highest BCUT2D eigenvalue weighted by Gasteiger charge is 2.38. The molecule has 0 rings (SSSR count). The summed E-state index contributed by atoms with van der Waals surface area (Å²) in [5.74, 6) is 1.71. The molecule has 0 spiro atoms.